The zero-order valence-electron chi connectivity index (χ0n) is 30.2. The lowest BCUT2D eigenvalue weighted by molar-refractivity contribution is -0.131. The molecule has 0 saturated heterocycles. The minimum Gasteiger partial charge on any atom is -0.490 e. The predicted octanol–water partition coefficient (Wildman–Crippen LogP) is 7.66. The van der Waals surface area contributed by atoms with Crippen molar-refractivity contribution < 1.29 is 27.5 Å². The molecule has 1 fully saturated rings. The summed E-state index contributed by atoms with van der Waals surface area (Å²) < 4.78 is 42.4. The van der Waals surface area contributed by atoms with Crippen molar-refractivity contribution in [2.45, 2.75) is 102 Å². The number of hydrogen-bond donors (Lipinski definition) is 1. The lowest BCUT2D eigenvalue weighted by atomic mass is 9.62. The van der Waals surface area contributed by atoms with E-state index >= 15 is 0 Å². The van der Waals surface area contributed by atoms with Crippen molar-refractivity contribution in [3.05, 3.63) is 70.3 Å². The number of anilines is 1. The topological polar surface area (TPSA) is 102 Å². The largest absolute Gasteiger partial charge is 0.490 e. The van der Waals surface area contributed by atoms with E-state index < -0.39 is 26.8 Å². The number of methoxy groups -OCH3 is 1. The van der Waals surface area contributed by atoms with Gasteiger partial charge in [0, 0.05) is 49.0 Å². The molecule has 4 aliphatic rings. The predicted molar refractivity (Wildman–Crippen MR) is 199 cm³/mol. The maximum absolute atomic E-state index is 13.6. The minimum atomic E-state index is -3.99. The second-order valence-corrected chi connectivity index (χ2v) is 18.3. The summed E-state index contributed by atoms with van der Waals surface area (Å²) >= 11 is 6.46. The second kappa shape index (κ2) is 14.6. The monoisotopic (exact) mass is 724 g/mol. The van der Waals surface area contributed by atoms with E-state index in [9.17, 15) is 18.0 Å². The van der Waals surface area contributed by atoms with E-state index in [1.54, 1.807) is 32.2 Å². The Bertz CT molecular complexity index is 1740. The van der Waals surface area contributed by atoms with E-state index in [2.05, 4.69) is 41.7 Å². The maximum atomic E-state index is 13.6. The van der Waals surface area contributed by atoms with Crippen molar-refractivity contribution >= 4 is 39.0 Å². The van der Waals surface area contributed by atoms with Crippen LogP contribution in [-0.2, 0) is 31.4 Å². The number of halogens is 1. The fourth-order valence-corrected chi connectivity index (χ4v) is 10.2. The van der Waals surface area contributed by atoms with Crippen LogP contribution < -0.4 is 14.4 Å². The van der Waals surface area contributed by atoms with Gasteiger partial charge in [0.25, 0.3) is 5.91 Å². The molecule has 8 nitrogen and oxygen atoms in total. The van der Waals surface area contributed by atoms with Crippen LogP contribution in [0.25, 0.3) is 0 Å². The van der Waals surface area contributed by atoms with Gasteiger partial charge in [-0.1, -0.05) is 50.6 Å². The van der Waals surface area contributed by atoms with Gasteiger partial charge < -0.3 is 14.4 Å². The first-order valence-corrected chi connectivity index (χ1v) is 20.3. The highest BCUT2D eigenvalue weighted by molar-refractivity contribution is 7.90. The number of sulfonamides is 1. The molecule has 6 atom stereocenters. The number of hydrogen-bond acceptors (Lipinski definition) is 7. The van der Waals surface area contributed by atoms with E-state index in [-0.39, 0.29) is 40.9 Å². The molecule has 2 heterocycles. The number of allylic oxidation sites excluding steroid dienone is 1. The molecule has 1 saturated carbocycles. The van der Waals surface area contributed by atoms with Crippen LogP contribution in [0.3, 0.4) is 0 Å². The Morgan fingerprint density at radius 2 is 1.96 bits per heavy atom. The molecule has 2 aromatic rings. The van der Waals surface area contributed by atoms with E-state index in [0.29, 0.717) is 44.2 Å². The number of nitrogens with one attached hydrogen (secondary N) is 1. The molecule has 1 N–H and O–H groups in total. The molecule has 1 amide bonds. The number of ketones is 1. The molecule has 1 spiro atoms. The van der Waals surface area contributed by atoms with Crippen LogP contribution in [0.1, 0.15) is 101 Å². The smallest absolute Gasteiger partial charge is 0.264 e. The Labute approximate surface area is 303 Å². The van der Waals surface area contributed by atoms with Crippen molar-refractivity contribution in [1.82, 2.24) is 4.72 Å². The molecular weight excluding hydrogens is 672 g/mol. The Hall–Kier alpha value is -2.88. The maximum Gasteiger partial charge on any atom is 0.264 e. The normalized spacial score (nSPS) is 31.4. The van der Waals surface area contributed by atoms with Gasteiger partial charge in [0.1, 0.15) is 11.5 Å². The molecule has 10 heteroatoms. The zero-order chi connectivity index (χ0) is 35.8. The molecule has 6 rings (SSSR count). The first kappa shape index (κ1) is 36.9. The molecule has 0 aromatic heterocycles. The molecule has 2 aromatic carbocycles. The van der Waals surface area contributed by atoms with Crippen LogP contribution >= 0.6 is 11.6 Å². The molecular formula is C40H53ClN2O6S. The quantitative estimate of drug-likeness (QED) is 0.305. The van der Waals surface area contributed by atoms with Crippen LogP contribution in [-0.4, -0.2) is 57.8 Å². The number of carbonyl (C=O) groups excluding carboxylic acids is 2. The summed E-state index contributed by atoms with van der Waals surface area (Å²) in [5.41, 5.74) is 2.43. The van der Waals surface area contributed by atoms with Crippen LogP contribution in [0.2, 0.25) is 5.02 Å². The number of amides is 1. The number of aryl methyl sites for hydroxylation is 1. The molecule has 2 aliphatic heterocycles. The number of fused-ring (bicyclic) bond motifs is 4. The number of ether oxygens (including phenoxy) is 2. The summed E-state index contributed by atoms with van der Waals surface area (Å²) in [5, 5.41) is -0.104. The number of nitrogens with zero attached hydrogens (tertiary/aromatic N) is 1. The number of benzene rings is 2. The fraction of sp³-hybridized carbons (Fsp3) is 0.600. The summed E-state index contributed by atoms with van der Waals surface area (Å²) in [4.78, 5) is 29.5. The third kappa shape index (κ3) is 7.38. The molecule has 0 unspecified atom stereocenters. The first-order valence-electron chi connectivity index (χ1n) is 18.4. The highest BCUT2D eigenvalue weighted by Gasteiger charge is 2.50. The van der Waals surface area contributed by atoms with E-state index in [0.717, 1.165) is 49.2 Å². The van der Waals surface area contributed by atoms with Crippen LogP contribution in [0.4, 0.5) is 5.69 Å². The number of Topliss-reactive ketones (excluding diaryl/α,β-unsaturated/α-hetero) is 1. The highest BCUT2D eigenvalue weighted by atomic mass is 35.5. The van der Waals surface area contributed by atoms with Crippen molar-refractivity contribution in [2.75, 3.05) is 31.7 Å². The Morgan fingerprint density at radius 1 is 1.16 bits per heavy atom. The van der Waals surface area contributed by atoms with Gasteiger partial charge in [0.2, 0.25) is 10.0 Å². The van der Waals surface area contributed by atoms with Crippen LogP contribution in [0.15, 0.2) is 48.6 Å². The molecule has 2 bridgehead atoms. The minimum absolute atomic E-state index is 0.0867. The third-order valence-electron chi connectivity index (χ3n) is 12.1. The average Bonchev–Trinajstić information content (AvgIpc) is 3.21. The highest BCUT2D eigenvalue weighted by Crippen LogP contribution is 2.50. The molecule has 2 aliphatic carbocycles. The lowest BCUT2D eigenvalue weighted by Crippen LogP contribution is -2.53. The third-order valence-corrected chi connectivity index (χ3v) is 14.2. The van der Waals surface area contributed by atoms with Gasteiger partial charge in [0.15, 0.2) is 0 Å². The second-order valence-electron chi connectivity index (χ2n) is 15.8. The summed E-state index contributed by atoms with van der Waals surface area (Å²) in [6, 6.07) is 11.4. The standard InChI is InChI=1S/C40H53ClN2O6S/c1-26(2)10-14-33(44)22-40(48-5)19-6-8-27(3)28(4)50(46,47)42-38(45)30-12-17-37-36(21-30)43(23-31-11-15-35(31)40)24-39(25-49-37)18-7-9-29-20-32(41)13-16-34(29)39/h6,12-13,16-17,19-21,26-28,31,35H,7-11,14-15,18,22-25H2,1-5H3,(H,42,45)/b19-6+/t27-,28+,31-,35+,39-,40+/m0/s1. The van der Waals surface area contributed by atoms with Crippen LogP contribution in [0, 0.1) is 23.7 Å². The van der Waals surface area contributed by atoms with Gasteiger partial charge in [0.05, 0.1) is 23.1 Å². The summed E-state index contributed by atoms with van der Waals surface area (Å²) in [6.07, 6.45) is 11.0. The van der Waals surface area contributed by atoms with Crippen molar-refractivity contribution in [3.8, 4) is 5.75 Å². The summed E-state index contributed by atoms with van der Waals surface area (Å²) in [7, 11) is -2.28. The Morgan fingerprint density at radius 3 is 2.68 bits per heavy atom. The molecule has 272 valence electrons. The van der Waals surface area contributed by atoms with Crippen LogP contribution in [0.5, 0.6) is 5.75 Å². The number of rotatable bonds is 6. The van der Waals surface area contributed by atoms with E-state index in [4.69, 9.17) is 21.1 Å². The summed E-state index contributed by atoms with van der Waals surface area (Å²) in [5.74, 6) is 0.656. The van der Waals surface area contributed by atoms with Gasteiger partial charge in [-0.3, -0.25) is 9.59 Å². The fourth-order valence-electron chi connectivity index (χ4n) is 8.68. The van der Waals surface area contributed by atoms with E-state index in [1.807, 2.05) is 19.1 Å². The summed E-state index contributed by atoms with van der Waals surface area (Å²) in [6.45, 7) is 9.60. The Balaban J connectivity index is 1.44. The van der Waals surface area contributed by atoms with Crippen molar-refractivity contribution in [2.24, 2.45) is 23.7 Å². The Kier molecular flexibility index (Phi) is 10.8. The van der Waals surface area contributed by atoms with Crippen molar-refractivity contribution in [1.29, 1.82) is 0 Å². The molecule has 50 heavy (non-hydrogen) atoms. The zero-order valence-corrected chi connectivity index (χ0v) is 31.7. The van der Waals surface area contributed by atoms with Gasteiger partial charge >= 0.3 is 0 Å². The van der Waals surface area contributed by atoms with Gasteiger partial charge in [-0.25, -0.2) is 13.1 Å². The van der Waals surface area contributed by atoms with Gasteiger partial charge in [-0.15, -0.1) is 0 Å². The lowest BCUT2D eigenvalue weighted by Gasteiger charge is -2.50. The first-order chi connectivity index (χ1) is 23.8. The number of carbonyl (C=O) groups is 2. The van der Waals surface area contributed by atoms with Gasteiger partial charge in [-0.2, -0.15) is 0 Å². The van der Waals surface area contributed by atoms with Crippen molar-refractivity contribution in [3.63, 3.8) is 0 Å². The average molecular weight is 725 g/mol. The van der Waals surface area contributed by atoms with Gasteiger partial charge in [-0.05, 0) is 117 Å². The van der Waals surface area contributed by atoms with E-state index in [1.165, 1.54) is 11.1 Å². The molecule has 0 radical (unpaired) electrons. The SMILES string of the molecule is CO[C@@]1(CC(=O)CCC(C)C)/C=C/C[C@H](C)[C@@H](C)S(=O)(=O)NC(=O)c2ccc3c(c2)N(C[C@@H]2CC[C@H]21)C[C@@]1(CCCc2cc(Cl)ccc21)CO3.